The van der Waals surface area contributed by atoms with Crippen LogP contribution in [0.15, 0.2) is 0 Å². The van der Waals surface area contributed by atoms with E-state index in [2.05, 4.69) is 25.7 Å². The van der Waals surface area contributed by atoms with E-state index in [1.54, 1.807) is 0 Å². The molecule has 0 spiro atoms. The lowest BCUT2D eigenvalue weighted by atomic mass is 9.91. The number of nitrogens with two attached hydrogens (primary N) is 1. The Kier molecular flexibility index (Phi) is 3.74. The van der Waals surface area contributed by atoms with E-state index >= 15 is 0 Å². The zero-order chi connectivity index (χ0) is 9.90. The largest absolute Gasteiger partial charge is 0.330 e. The third-order valence-corrected chi connectivity index (χ3v) is 3.08. The lowest BCUT2D eigenvalue weighted by Gasteiger charge is -2.36. The van der Waals surface area contributed by atoms with Crippen molar-refractivity contribution in [3.63, 3.8) is 0 Å². The summed E-state index contributed by atoms with van der Waals surface area (Å²) in [5, 5.41) is 0. The molecule has 0 amide bonds. The van der Waals surface area contributed by atoms with E-state index in [1.165, 1.54) is 25.9 Å². The van der Waals surface area contributed by atoms with Crippen LogP contribution in [0.4, 0.5) is 0 Å². The van der Waals surface area contributed by atoms with Gasteiger partial charge in [0.25, 0.3) is 0 Å². The number of rotatable bonds is 3. The molecule has 0 radical (unpaired) electrons. The van der Waals surface area contributed by atoms with Gasteiger partial charge in [0.1, 0.15) is 0 Å². The topological polar surface area (TPSA) is 29.3 Å². The SMILES string of the molecule is CC1CCN(CC(C)(C)CN)CC1. The number of hydrogen-bond donors (Lipinski definition) is 1. The summed E-state index contributed by atoms with van der Waals surface area (Å²) in [4.78, 5) is 2.56. The normalized spacial score (nSPS) is 22.2. The van der Waals surface area contributed by atoms with Crippen molar-refractivity contribution in [1.82, 2.24) is 4.90 Å². The van der Waals surface area contributed by atoms with Crippen LogP contribution in [0.25, 0.3) is 0 Å². The van der Waals surface area contributed by atoms with Gasteiger partial charge < -0.3 is 10.6 Å². The fourth-order valence-electron chi connectivity index (χ4n) is 1.89. The molecule has 1 aliphatic rings. The van der Waals surface area contributed by atoms with Crippen LogP contribution < -0.4 is 5.73 Å². The number of likely N-dealkylation sites (tertiary alicyclic amines) is 1. The average molecular weight is 184 g/mol. The van der Waals surface area contributed by atoms with Crippen molar-refractivity contribution in [2.45, 2.75) is 33.6 Å². The average Bonchev–Trinajstić information content (AvgIpc) is 2.09. The fourth-order valence-corrected chi connectivity index (χ4v) is 1.89. The van der Waals surface area contributed by atoms with E-state index in [0.717, 1.165) is 19.0 Å². The molecule has 0 bridgehead atoms. The molecule has 0 atom stereocenters. The second-order valence-electron chi connectivity index (χ2n) is 5.33. The highest BCUT2D eigenvalue weighted by molar-refractivity contribution is 4.77. The third-order valence-electron chi connectivity index (χ3n) is 3.08. The van der Waals surface area contributed by atoms with Crippen molar-refractivity contribution < 1.29 is 0 Å². The van der Waals surface area contributed by atoms with Crippen molar-refractivity contribution in [2.75, 3.05) is 26.2 Å². The molecule has 0 aliphatic carbocycles. The molecule has 1 saturated heterocycles. The van der Waals surface area contributed by atoms with E-state index in [1.807, 2.05) is 0 Å². The lowest BCUT2D eigenvalue weighted by Crippen LogP contribution is -2.42. The smallest absolute Gasteiger partial charge is 0.00448 e. The van der Waals surface area contributed by atoms with Crippen molar-refractivity contribution in [1.29, 1.82) is 0 Å². The van der Waals surface area contributed by atoms with Crippen LogP contribution in [0.2, 0.25) is 0 Å². The van der Waals surface area contributed by atoms with Crippen LogP contribution in [-0.2, 0) is 0 Å². The van der Waals surface area contributed by atoms with Crippen LogP contribution in [0.5, 0.6) is 0 Å². The second kappa shape index (κ2) is 4.43. The molecular weight excluding hydrogens is 160 g/mol. The zero-order valence-corrected chi connectivity index (χ0v) is 9.34. The Morgan fingerprint density at radius 2 is 1.85 bits per heavy atom. The van der Waals surface area contributed by atoms with Gasteiger partial charge in [0.2, 0.25) is 0 Å². The Morgan fingerprint density at radius 1 is 1.31 bits per heavy atom. The molecule has 0 aromatic rings. The predicted molar refractivity (Wildman–Crippen MR) is 57.7 cm³/mol. The van der Waals surface area contributed by atoms with Gasteiger partial charge in [0, 0.05) is 6.54 Å². The highest BCUT2D eigenvalue weighted by Gasteiger charge is 2.22. The van der Waals surface area contributed by atoms with Gasteiger partial charge in [-0.3, -0.25) is 0 Å². The monoisotopic (exact) mass is 184 g/mol. The second-order valence-corrected chi connectivity index (χ2v) is 5.33. The van der Waals surface area contributed by atoms with E-state index in [-0.39, 0.29) is 0 Å². The molecule has 0 aromatic heterocycles. The molecule has 1 heterocycles. The molecular formula is C11H24N2. The Labute approximate surface area is 82.5 Å². The van der Waals surface area contributed by atoms with Crippen LogP contribution in [0, 0.1) is 11.3 Å². The summed E-state index contributed by atoms with van der Waals surface area (Å²) in [6.45, 7) is 11.4. The van der Waals surface area contributed by atoms with Gasteiger partial charge in [-0.15, -0.1) is 0 Å². The predicted octanol–water partition coefficient (Wildman–Crippen LogP) is 1.70. The molecule has 78 valence electrons. The maximum absolute atomic E-state index is 5.72. The molecule has 2 heteroatoms. The summed E-state index contributed by atoms with van der Waals surface area (Å²) in [5.74, 6) is 0.928. The molecule has 0 unspecified atom stereocenters. The van der Waals surface area contributed by atoms with Crippen LogP contribution in [-0.4, -0.2) is 31.1 Å². The van der Waals surface area contributed by atoms with E-state index < -0.39 is 0 Å². The quantitative estimate of drug-likeness (QED) is 0.723. The molecule has 13 heavy (non-hydrogen) atoms. The van der Waals surface area contributed by atoms with E-state index in [9.17, 15) is 0 Å². The summed E-state index contributed by atoms with van der Waals surface area (Å²) in [7, 11) is 0. The number of piperidine rings is 1. The molecule has 2 N–H and O–H groups in total. The first-order valence-corrected chi connectivity index (χ1v) is 5.46. The first kappa shape index (κ1) is 11.0. The van der Waals surface area contributed by atoms with Gasteiger partial charge in [0.05, 0.1) is 0 Å². The molecule has 1 aliphatic heterocycles. The van der Waals surface area contributed by atoms with Gasteiger partial charge in [0.15, 0.2) is 0 Å². The molecule has 1 rings (SSSR count). The summed E-state index contributed by atoms with van der Waals surface area (Å²) in [5.41, 5.74) is 6.02. The minimum Gasteiger partial charge on any atom is -0.330 e. The van der Waals surface area contributed by atoms with E-state index in [4.69, 9.17) is 5.73 Å². The first-order valence-electron chi connectivity index (χ1n) is 5.46. The Hall–Kier alpha value is -0.0800. The van der Waals surface area contributed by atoms with Crippen LogP contribution in [0.1, 0.15) is 33.6 Å². The van der Waals surface area contributed by atoms with Crippen LogP contribution in [0.3, 0.4) is 0 Å². The summed E-state index contributed by atoms with van der Waals surface area (Å²) < 4.78 is 0. The maximum atomic E-state index is 5.72. The zero-order valence-electron chi connectivity index (χ0n) is 9.34. The third kappa shape index (κ3) is 3.65. The number of hydrogen-bond acceptors (Lipinski definition) is 2. The highest BCUT2D eigenvalue weighted by atomic mass is 15.1. The molecule has 0 saturated carbocycles. The van der Waals surface area contributed by atoms with Gasteiger partial charge in [-0.25, -0.2) is 0 Å². The Balaban J connectivity index is 2.30. The summed E-state index contributed by atoms with van der Waals surface area (Å²) in [6, 6.07) is 0. The maximum Gasteiger partial charge on any atom is 0.00448 e. The van der Waals surface area contributed by atoms with Crippen LogP contribution >= 0.6 is 0 Å². The van der Waals surface area contributed by atoms with Crippen molar-refractivity contribution in [3.05, 3.63) is 0 Å². The summed E-state index contributed by atoms with van der Waals surface area (Å²) >= 11 is 0. The lowest BCUT2D eigenvalue weighted by molar-refractivity contribution is 0.136. The molecule has 2 nitrogen and oxygen atoms in total. The fraction of sp³-hybridized carbons (Fsp3) is 1.00. The van der Waals surface area contributed by atoms with Gasteiger partial charge in [-0.05, 0) is 43.8 Å². The van der Waals surface area contributed by atoms with Gasteiger partial charge in [-0.2, -0.15) is 0 Å². The van der Waals surface area contributed by atoms with Gasteiger partial charge in [-0.1, -0.05) is 20.8 Å². The highest BCUT2D eigenvalue weighted by Crippen LogP contribution is 2.21. The minimum atomic E-state index is 0.292. The van der Waals surface area contributed by atoms with E-state index in [0.29, 0.717) is 5.41 Å². The minimum absolute atomic E-state index is 0.292. The van der Waals surface area contributed by atoms with Crippen molar-refractivity contribution in [3.8, 4) is 0 Å². The van der Waals surface area contributed by atoms with Crippen molar-refractivity contribution in [2.24, 2.45) is 17.1 Å². The standard InChI is InChI=1S/C11H24N2/c1-10-4-6-13(7-5-10)9-11(2,3)8-12/h10H,4-9,12H2,1-3H3. The Bertz CT molecular complexity index is 146. The summed E-state index contributed by atoms with van der Waals surface area (Å²) in [6.07, 6.45) is 2.72. The molecule has 1 fully saturated rings. The molecule has 0 aromatic carbocycles. The first-order chi connectivity index (χ1) is 6.03. The number of nitrogens with zero attached hydrogens (tertiary/aromatic N) is 1. The van der Waals surface area contributed by atoms with Crippen molar-refractivity contribution >= 4 is 0 Å². The van der Waals surface area contributed by atoms with Gasteiger partial charge >= 0.3 is 0 Å². The Morgan fingerprint density at radius 3 is 2.31 bits per heavy atom.